The van der Waals surface area contributed by atoms with Crippen LogP contribution in [0.4, 0.5) is 0 Å². The summed E-state index contributed by atoms with van der Waals surface area (Å²) >= 11 is 0. The van der Waals surface area contributed by atoms with Crippen LogP contribution in [0.25, 0.3) is 0 Å². The van der Waals surface area contributed by atoms with Crippen LogP contribution in [0.5, 0.6) is 0 Å². The van der Waals surface area contributed by atoms with Crippen molar-refractivity contribution in [2.45, 2.75) is 51.1 Å². The molecule has 7 nitrogen and oxygen atoms in total. The molecule has 0 aliphatic carbocycles. The zero-order chi connectivity index (χ0) is 22.6. The smallest absolute Gasteiger partial charge is 0.338 e. The lowest BCUT2D eigenvalue weighted by molar-refractivity contribution is -0.0721. The highest BCUT2D eigenvalue weighted by molar-refractivity contribution is 5.90. The Bertz CT molecular complexity index is 975. The predicted molar refractivity (Wildman–Crippen MR) is 111 cm³/mol. The molecule has 1 aliphatic rings. The third kappa shape index (κ3) is 5.10. The molecule has 1 unspecified atom stereocenters. The molecular formula is C24H25NO6. The number of benzene rings is 2. The van der Waals surface area contributed by atoms with Crippen LogP contribution in [0.3, 0.4) is 0 Å². The van der Waals surface area contributed by atoms with Gasteiger partial charge in [-0.3, -0.25) is 0 Å². The number of nitrogens with zero attached hydrogens (tertiary/aromatic N) is 1. The number of ether oxygens (including phenoxy) is 3. The molecule has 2 aromatic carbocycles. The molecule has 1 aliphatic heterocycles. The van der Waals surface area contributed by atoms with Crippen LogP contribution in [0.2, 0.25) is 0 Å². The first kappa shape index (κ1) is 22.5. The van der Waals surface area contributed by atoms with Gasteiger partial charge in [0.25, 0.3) is 0 Å². The standard InChI is InChI=1S/C24H25NO6/c1-15-4-8-17(9-5-15)22(26)29-14-19-21(24(3,28)20(30-19)12-13-25)31-23(27)18-10-6-16(2)7-11-18/h4-11,19-21,28H,12,14H2,1-3H3/t19?,20-,21-,24+/m1/s1. The van der Waals surface area contributed by atoms with Crippen molar-refractivity contribution in [1.82, 2.24) is 0 Å². The molecule has 2 aromatic rings. The summed E-state index contributed by atoms with van der Waals surface area (Å²) < 4.78 is 16.7. The minimum atomic E-state index is -1.63. The van der Waals surface area contributed by atoms with Gasteiger partial charge in [0.05, 0.1) is 23.6 Å². The van der Waals surface area contributed by atoms with Gasteiger partial charge in [0.2, 0.25) is 0 Å². The molecule has 0 saturated carbocycles. The molecule has 1 heterocycles. The molecule has 3 rings (SSSR count). The fourth-order valence-electron chi connectivity index (χ4n) is 3.44. The van der Waals surface area contributed by atoms with Gasteiger partial charge in [0, 0.05) is 0 Å². The first-order chi connectivity index (χ1) is 14.7. The number of aryl methyl sites for hydroxylation is 2. The van der Waals surface area contributed by atoms with E-state index in [-0.39, 0.29) is 13.0 Å². The summed E-state index contributed by atoms with van der Waals surface area (Å²) in [5, 5.41) is 20.0. The molecule has 0 aromatic heterocycles. The molecule has 0 bridgehead atoms. The van der Waals surface area contributed by atoms with Gasteiger partial charge in [-0.05, 0) is 45.0 Å². The van der Waals surface area contributed by atoms with Crippen molar-refractivity contribution in [3.05, 3.63) is 70.8 Å². The average Bonchev–Trinajstić information content (AvgIpc) is 2.97. The summed E-state index contributed by atoms with van der Waals surface area (Å²) in [6.07, 6.45) is -3.03. The number of nitriles is 1. The van der Waals surface area contributed by atoms with E-state index in [0.29, 0.717) is 11.1 Å². The van der Waals surface area contributed by atoms with Crippen molar-refractivity contribution in [1.29, 1.82) is 5.26 Å². The van der Waals surface area contributed by atoms with Crippen LogP contribution < -0.4 is 0 Å². The van der Waals surface area contributed by atoms with Gasteiger partial charge in [-0.15, -0.1) is 0 Å². The monoisotopic (exact) mass is 423 g/mol. The zero-order valence-corrected chi connectivity index (χ0v) is 17.7. The SMILES string of the molecule is Cc1ccc(C(=O)OCC2O[C@H](CC#N)[C@](C)(O)[C@@H]2OC(=O)c2ccc(C)cc2)cc1. The Labute approximate surface area is 181 Å². The van der Waals surface area contributed by atoms with E-state index in [1.807, 2.05) is 19.9 Å². The fourth-order valence-corrected chi connectivity index (χ4v) is 3.44. The number of hydrogen-bond donors (Lipinski definition) is 1. The Hall–Kier alpha value is -3.21. The summed E-state index contributed by atoms with van der Waals surface area (Å²) in [5.41, 5.74) is 1.06. The van der Waals surface area contributed by atoms with Crippen LogP contribution in [0.15, 0.2) is 48.5 Å². The molecular weight excluding hydrogens is 398 g/mol. The maximum Gasteiger partial charge on any atom is 0.338 e. The highest BCUT2D eigenvalue weighted by Crippen LogP contribution is 2.35. The first-order valence-corrected chi connectivity index (χ1v) is 9.98. The van der Waals surface area contributed by atoms with Crippen molar-refractivity contribution < 1.29 is 28.9 Å². The van der Waals surface area contributed by atoms with Crippen molar-refractivity contribution in [2.75, 3.05) is 6.61 Å². The van der Waals surface area contributed by atoms with Crippen molar-refractivity contribution >= 4 is 11.9 Å². The summed E-state index contributed by atoms with van der Waals surface area (Å²) in [6.45, 7) is 5.02. The van der Waals surface area contributed by atoms with Gasteiger partial charge in [0.1, 0.15) is 24.4 Å². The molecule has 0 amide bonds. The van der Waals surface area contributed by atoms with Gasteiger partial charge in [-0.2, -0.15) is 5.26 Å². The summed E-state index contributed by atoms with van der Waals surface area (Å²) in [6, 6.07) is 15.7. The second-order valence-corrected chi connectivity index (χ2v) is 7.91. The van der Waals surface area contributed by atoms with E-state index in [1.54, 1.807) is 48.5 Å². The lowest BCUT2D eigenvalue weighted by Gasteiger charge is -2.29. The molecule has 1 saturated heterocycles. The predicted octanol–water partition coefficient (Wildman–Crippen LogP) is 3.12. The van der Waals surface area contributed by atoms with E-state index < -0.39 is 35.9 Å². The van der Waals surface area contributed by atoms with Crippen LogP contribution >= 0.6 is 0 Å². The average molecular weight is 423 g/mol. The molecule has 7 heteroatoms. The maximum absolute atomic E-state index is 12.6. The molecule has 0 spiro atoms. The number of carbonyl (C=O) groups is 2. The number of esters is 2. The van der Waals surface area contributed by atoms with Crippen molar-refractivity contribution in [2.24, 2.45) is 0 Å². The van der Waals surface area contributed by atoms with Gasteiger partial charge in [-0.1, -0.05) is 35.4 Å². The van der Waals surface area contributed by atoms with Gasteiger partial charge in [-0.25, -0.2) is 9.59 Å². The lowest BCUT2D eigenvalue weighted by Crippen LogP contribution is -2.48. The van der Waals surface area contributed by atoms with Crippen LogP contribution in [0, 0.1) is 25.2 Å². The third-order valence-electron chi connectivity index (χ3n) is 5.37. The number of hydrogen-bond acceptors (Lipinski definition) is 7. The summed E-state index contributed by atoms with van der Waals surface area (Å²) in [7, 11) is 0. The highest BCUT2D eigenvalue weighted by atomic mass is 16.6. The summed E-state index contributed by atoms with van der Waals surface area (Å²) in [5.74, 6) is -1.20. The lowest BCUT2D eigenvalue weighted by atomic mass is 9.91. The van der Waals surface area contributed by atoms with Gasteiger partial charge in [0.15, 0.2) is 6.10 Å². The van der Waals surface area contributed by atoms with Crippen molar-refractivity contribution in [3.8, 4) is 6.07 Å². The van der Waals surface area contributed by atoms with Crippen LogP contribution in [-0.4, -0.2) is 47.6 Å². The second-order valence-electron chi connectivity index (χ2n) is 7.91. The summed E-state index contributed by atoms with van der Waals surface area (Å²) in [4.78, 5) is 25.0. The zero-order valence-electron chi connectivity index (χ0n) is 17.7. The van der Waals surface area contributed by atoms with Crippen molar-refractivity contribution in [3.63, 3.8) is 0 Å². The normalized spacial score (nSPS) is 24.9. The quantitative estimate of drug-likeness (QED) is 0.712. The molecule has 1 fully saturated rings. The number of rotatable bonds is 6. The van der Waals surface area contributed by atoms with Gasteiger partial charge < -0.3 is 19.3 Å². The molecule has 0 radical (unpaired) electrons. The topological polar surface area (TPSA) is 106 Å². The van der Waals surface area contributed by atoms with E-state index in [1.165, 1.54) is 6.92 Å². The minimum absolute atomic E-state index is 0.103. The highest BCUT2D eigenvalue weighted by Gasteiger charge is 2.55. The van der Waals surface area contributed by atoms with Gasteiger partial charge >= 0.3 is 11.9 Å². The first-order valence-electron chi connectivity index (χ1n) is 9.98. The Kier molecular flexibility index (Phi) is 6.74. The van der Waals surface area contributed by atoms with Crippen LogP contribution in [-0.2, 0) is 14.2 Å². The molecule has 31 heavy (non-hydrogen) atoms. The van der Waals surface area contributed by atoms with E-state index in [4.69, 9.17) is 19.5 Å². The van der Waals surface area contributed by atoms with E-state index in [9.17, 15) is 14.7 Å². The Morgan fingerprint density at radius 1 is 1.03 bits per heavy atom. The largest absolute Gasteiger partial charge is 0.459 e. The van der Waals surface area contributed by atoms with E-state index in [2.05, 4.69) is 0 Å². The number of carbonyl (C=O) groups excluding carboxylic acids is 2. The molecule has 4 atom stereocenters. The third-order valence-corrected chi connectivity index (χ3v) is 5.37. The second kappa shape index (κ2) is 9.29. The molecule has 162 valence electrons. The van der Waals surface area contributed by atoms with E-state index >= 15 is 0 Å². The Morgan fingerprint density at radius 3 is 2.06 bits per heavy atom. The maximum atomic E-state index is 12.6. The fraction of sp³-hybridized carbons (Fsp3) is 0.375. The Balaban J connectivity index is 1.74. The van der Waals surface area contributed by atoms with Crippen LogP contribution in [0.1, 0.15) is 45.2 Å². The van der Waals surface area contributed by atoms with E-state index in [0.717, 1.165) is 11.1 Å². The number of aliphatic hydroxyl groups is 1. The Morgan fingerprint density at radius 2 is 1.55 bits per heavy atom. The molecule has 1 N–H and O–H groups in total. The minimum Gasteiger partial charge on any atom is -0.459 e.